The van der Waals surface area contributed by atoms with Gasteiger partial charge in [0.25, 0.3) is 0 Å². The van der Waals surface area contributed by atoms with E-state index in [1.54, 1.807) is 12.3 Å². The molecule has 2 rings (SSSR count). The van der Waals surface area contributed by atoms with Crippen LogP contribution in [0.1, 0.15) is 5.56 Å². The van der Waals surface area contributed by atoms with Gasteiger partial charge in [0.1, 0.15) is 5.84 Å². The lowest BCUT2D eigenvalue weighted by molar-refractivity contribution is 0.410. The summed E-state index contributed by atoms with van der Waals surface area (Å²) in [7, 11) is 0. The summed E-state index contributed by atoms with van der Waals surface area (Å²) in [6, 6.07) is 9.57. The molecule has 4 nitrogen and oxygen atoms in total. The number of benzene rings is 1. The molecule has 1 unspecified atom stereocenters. The van der Waals surface area contributed by atoms with E-state index in [0.717, 1.165) is 5.56 Å². The van der Waals surface area contributed by atoms with Gasteiger partial charge < -0.3 is 11.1 Å². The van der Waals surface area contributed by atoms with Crippen molar-refractivity contribution in [2.24, 2.45) is 16.5 Å². The van der Waals surface area contributed by atoms with E-state index < -0.39 is 5.79 Å². The molecule has 1 aromatic rings. The number of hydrogen-bond acceptors (Lipinski definition) is 4. The molecule has 72 valence electrons. The highest BCUT2D eigenvalue weighted by Gasteiger charge is 2.26. The maximum Gasteiger partial charge on any atom is 0.211 e. The third-order valence-corrected chi connectivity index (χ3v) is 2.08. The van der Waals surface area contributed by atoms with E-state index in [0.29, 0.717) is 5.84 Å². The molecule has 0 saturated heterocycles. The first-order chi connectivity index (χ1) is 6.71. The van der Waals surface area contributed by atoms with E-state index in [2.05, 4.69) is 10.3 Å². The third-order valence-electron chi connectivity index (χ3n) is 2.08. The van der Waals surface area contributed by atoms with E-state index in [4.69, 9.17) is 11.5 Å². The molecule has 5 N–H and O–H groups in total. The Morgan fingerprint density at radius 1 is 1.21 bits per heavy atom. The minimum Gasteiger partial charge on any atom is -0.384 e. The van der Waals surface area contributed by atoms with Gasteiger partial charge in [-0.15, -0.1) is 0 Å². The zero-order valence-electron chi connectivity index (χ0n) is 7.64. The summed E-state index contributed by atoms with van der Waals surface area (Å²) in [5, 5.41) is 2.97. The summed E-state index contributed by atoms with van der Waals surface area (Å²) in [6.45, 7) is 0. The third kappa shape index (κ3) is 1.47. The highest BCUT2D eigenvalue weighted by molar-refractivity contribution is 5.92. The lowest BCUT2D eigenvalue weighted by Crippen LogP contribution is -2.49. The molecule has 1 heterocycles. The van der Waals surface area contributed by atoms with Crippen LogP contribution < -0.4 is 16.8 Å². The second-order valence-corrected chi connectivity index (χ2v) is 3.15. The molecule has 1 aliphatic heterocycles. The van der Waals surface area contributed by atoms with Crippen molar-refractivity contribution in [2.75, 3.05) is 0 Å². The number of amidine groups is 1. The number of rotatable bonds is 1. The molecule has 0 amide bonds. The van der Waals surface area contributed by atoms with Crippen molar-refractivity contribution < 1.29 is 0 Å². The van der Waals surface area contributed by atoms with Crippen LogP contribution in [-0.2, 0) is 5.79 Å². The molecular formula is C10H12N4. The van der Waals surface area contributed by atoms with Gasteiger partial charge in [-0.3, -0.25) is 5.73 Å². The maximum atomic E-state index is 6.04. The molecule has 0 saturated carbocycles. The topological polar surface area (TPSA) is 76.4 Å². The van der Waals surface area contributed by atoms with Gasteiger partial charge in [0.15, 0.2) is 0 Å². The molecule has 0 spiro atoms. The Balaban J connectivity index is 2.39. The summed E-state index contributed by atoms with van der Waals surface area (Å²) in [6.07, 6.45) is 3.38. The molecule has 1 aromatic carbocycles. The fourth-order valence-electron chi connectivity index (χ4n) is 1.37. The van der Waals surface area contributed by atoms with Crippen LogP contribution in [0, 0.1) is 0 Å². The standard InChI is InChI=1S/C10H12N4/c11-9-6-7-13-10(12,14-9)8-4-2-1-3-5-8/h1-7,13H,12H2,(H2,11,14). The molecule has 14 heavy (non-hydrogen) atoms. The molecule has 0 aliphatic carbocycles. The Morgan fingerprint density at radius 3 is 2.57 bits per heavy atom. The largest absolute Gasteiger partial charge is 0.384 e. The second-order valence-electron chi connectivity index (χ2n) is 3.15. The zero-order valence-corrected chi connectivity index (χ0v) is 7.64. The van der Waals surface area contributed by atoms with Crippen LogP contribution in [0.3, 0.4) is 0 Å². The van der Waals surface area contributed by atoms with Gasteiger partial charge in [-0.1, -0.05) is 30.3 Å². The predicted octanol–water partition coefficient (Wildman–Crippen LogP) is 0.230. The summed E-state index contributed by atoms with van der Waals surface area (Å²) in [5.74, 6) is -0.504. The van der Waals surface area contributed by atoms with Crippen LogP contribution in [0.5, 0.6) is 0 Å². The first-order valence-electron chi connectivity index (χ1n) is 4.35. The molecule has 1 aliphatic rings. The predicted molar refractivity (Wildman–Crippen MR) is 56.2 cm³/mol. The first-order valence-corrected chi connectivity index (χ1v) is 4.35. The van der Waals surface area contributed by atoms with Crippen LogP contribution in [0.4, 0.5) is 0 Å². The average Bonchev–Trinajstić information content (AvgIpc) is 2.19. The van der Waals surface area contributed by atoms with E-state index >= 15 is 0 Å². The minimum atomic E-state index is -0.930. The van der Waals surface area contributed by atoms with E-state index in [-0.39, 0.29) is 0 Å². The second kappa shape index (κ2) is 3.16. The van der Waals surface area contributed by atoms with Gasteiger partial charge in [0, 0.05) is 11.8 Å². The minimum absolute atomic E-state index is 0.426. The van der Waals surface area contributed by atoms with E-state index in [1.807, 2.05) is 30.3 Å². The van der Waals surface area contributed by atoms with Crippen molar-refractivity contribution in [1.82, 2.24) is 5.32 Å². The number of nitrogens with two attached hydrogens (primary N) is 2. The SMILES string of the molecule is NC1=NC(N)(c2ccccc2)NC=C1. The van der Waals surface area contributed by atoms with Gasteiger partial charge in [-0.2, -0.15) is 0 Å². The Hall–Kier alpha value is -1.81. The molecule has 0 fully saturated rings. The van der Waals surface area contributed by atoms with Crippen LogP contribution in [-0.4, -0.2) is 5.84 Å². The lowest BCUT2D eigenvalue weighted by atomic mass is 10.1. The quantitative estimate of drug-likeness (QED) is 0.590. The summed E-state index contributed by atoms with van der Waals surface area (Å²) >= 11 is 0. The van der Waals surface area contributed by atoms with Crippen LogP contribution in [0.25, 0.3) is 0 Å². The normalized spacial score (nSPS) is 25.4. The smallest absolute Gasteiger partial charge is 0.211 e. The Morgan fingerprint density at radius 2 is 1.93 bits per heavy atom. The summed E-state index contributed by atoms with van der Waals surface area (Å²) < 4.78 is 0. The number of nitrogens with one attached hydrogen (secondary N) is 1. The van der Waals surface area contributed by atoms with Crippen molar-refractivity contribution in [3.05, 3.63) is 48.2 Å². The van der Waals surface area contributed by atoms with Crippen LogP contribution in [0.15, 0.2) is 47.6 Å². The fraction of sp³-hybridized carbons (Fsp3) is 0.100. The number of aliphatic imine (C=N–C) groups is 1. The average molecular weight is 188 g/mol. The summed E-state index contributed by atoms with van der Waals surface area (Å²) in [5.41, 5.74) is 12.5. The molecule has 0 bridgehead atoms. The molecule has 1 atom stereocenters. The highest BCUT2D eigenvalue weighted by atomic mass is 15.3. The highest BCUT2D eigenvalue weighted by Crippen LogP contribution is 2.18. The van der Waals surface area contributed by atoms with E-state index in [9.17, 15) is 0 Å². The Bertz CT molecular complexity index is 382. The van der Waals surface area contributed by atoms with Gasteiger partial charge in [-0.25, -0.2) is 4.99 Å². The van der Waals surface area contributed by atoms with E-state index in [1.165, 1.54) is 0 Å². The van der Waals surface area contributed by atoms with Crippen molar-refractivity contribution in [3.8, 4) is 0 Å². The van der Waals surface area contributed by atoms with Crippen molar-refractivity contribution >= 4 is 5.84 Å². The van der Waals surface area contributed by atoms with Crippen molar-refractivity contribution in [1.29, 1.82) is 0 Å². The van der Waals surface area contributed by atoms with Crippen molar-refractivity contribution in [3.63, 3.8) is 0 Å². The molecule has 0 aromatic heterocycles. The summed E-state index contributed by atoms with van der Waals surface area (Å²) in [4.78, 5) is 4.16. The number of hydrogen-bond donors (Lipinski definition) is 3. The van der Waals surface area contributed by atoms with Gasteiger partial charge >= 0.3 is 0 Å². The van der Waals surface area contributed by atoms with Crippen molar-refractivity contribution in [2.45, 2.75) is 5.79 Å². The monoisotopic (exact) mass is 188 g/mol. The molecular weight excluding hydrogens is 176 g/mol. The van der Waals surface area contributed by atoms with Crippen LogP contribution in [0.2, 0.25) is 0 Å². The maximum absolute atomic E-state index is 6.04. The Kier molecular flexibility index (Phi) is 1.98. The lowest BCUT2D eigenvalue weighted by Gasteiger charge is -2.28. The van der Waals surface area contributed by atoms with Gasteiger partial charge in [0.05, 0.1) is 0 Å². The van der Waals surface area contributed by atoms with Gasteiger partial charge in [-0.05, 0) is 6.08 Å². The fourth-order valence-corrected chi connectivity index (χ4v) is 1.37. The zero-order chi connectivity index (χ0) is 10.0. The van der Waals surface area contributed by atoms with Crippen LogP contribution >= 0.6 is 0 Å². The first kappa shape index (κ1) is 8.77. The Labute approximate surface area is 82.3 Å². The van der Waals surface area contributed by atoms with Gasteiger partial charge in [0.2, 0.25) is 5.79 Å². The molecule has 0 radical (unpaired) electrons. The molecule has 4 heteroatoms. The number of nitrogens with zero attached hydrogens (tertiary/aromatic N) is 1.